The number of allylic oxidation sites excluding steroid dienone is 5. The summed E-state index contributed by atoms with van der Waals surface area (Å²) in [6, 6.07) is 50.9. The molecule has 6 aromatic carbocycles. The number of aromatic nitrogens is 3. The Hall–Kier alpha value is -6.65. The Labute approximate surface area is 314 Å². The van der Waals surface area contributed by atoms with Gasteiger partial charge in [0.25, 0.3) is 0 Å². The van der Waals surface area contributed by atoms with Gasteiger partial charge in [0.1, 0.15) is 11.2 Å². The number of benzene rings is 6. The molecule has 2 aliphatic carbocycles. The number of rotatable bonds is 6. The lowest BCUT2D eigenvalue weighted by molar-refractivity contribution is 0.667. The van der Waals surface area contributed by atoms with Crippen molar-refractivity contribution in [2.75, 3.05) is 0 Å². The second-order valence-electron chi connectivity index (χ2n) is 14.4. The quantitative estimate of drug-likeness (QED) is 0.174. The maximum absolute atomic E-state index is 6.70. The fourth-order valence-corrected chi connectivity index (χ4v) is 8.18. The first kappa shape index (κ1) is 32.0. The Morgan fingerprint density at radius 3 is 1.83 bits per heavy atom. The third kappa shape index (κ3) is 5.77. The number of nitrogens with zero attached hydrogens (tertiary/aromatic N) is 3. The van der Waals surface area contributed by atoms with Crippen LogP contribution in [0.25, 0.3) is 78.9 Å². The topological polar surface area (TPSA) is 51.8 Å². The minimum atomic E-state index is 0.472. The summed E-state index contributed by atoms with van der Waals surface area (Å²) in [6.45, 7) is 2.31. The van der Waals surface area contributed by atoms with Crippen molar-refractivity contribution in [3.8, 4) is 34.2 Å². The summed E-state index contributed by atoms with van der Waals surface area (Å²) in [5.74, 6) is 2.37. The van der Waals surface area contributed by atoms with E-state index in [1.807, 2.05) is 30.3 Å². The van der Waals surface area contributed by atoms with Crippen LogP contribution in [-0.4, -0.2) is 15.0 Å². The minimum absolute atomic E-state index is 0.472. The van der Waals surface area contributed by atoms with Gasteiger partial charge < -0.3 is 4.42 Å². The van der Waals surface area contributed by atoms with Crippen LogP contribution < -0.4 is 0 Å². The van der Waals surface area contributed by atoms with E-state index in [1.165, 1.54) is 39.0 Å². The van der Waals surface area contributed by atoms with Crippen LogP contribution in [0.4, 0.5) is 0 Å². The van der Waals surface area contributed by atoms with E-state index in [2.05, 4.69) is 140 Å². The van der Waals surface area contributed by atoms with Gasteiger partial charge in [0.2, 0.25) is 0 Å². The summed E-state index contributed by atoms with van der Waals surface area (Å²) in [5, 5.41) is 2.07. The summed E-state index contributed by atoms with van der Waals surface area (Å²) < 4.78 is 6.70. The lowest BCUT2D eigenvalue weighted by Crippen LogP contribution is -2.04. The fourth-order valence-electron chi connectivity index (χ4n) is 8.18. The molecule has 1 atom stereocenters. The molecule has 0 radical (unpaired) electrons. The Morgan fingerprint density at radius 1 is 0.500 bits per heavy atom. The highest BCUT2D eigenvalue weighted by molar-refractivity contribution is 6.14. The summed E-state index contributed by atoms with van der Waals surface area (Å²) >= 11 is 0. The highest BCUT2D eigenvalue weighted by Crippen LogP contribution is 2.43. The molecule has 54 heavy (non-hydrogen) atoms. The number of furan rings is 1. The van der Waals surface area contributed by atoms with E-state index < -0.39 is 0 Å². The van der Waals surface area contributed by atoms with Crippen LogP contribution in [0.2, 0.25) is 0 Å². The lowest BCUT2D eigenvalue weighted by atomic mass is 9.82. The normalized spacial score (nSPS) is 15.4. The molecule has 1 unspecified atom stereocenters. The number of hydrogen-bond donors (Lipinski definition) is 0. The number of para-hydroxylation sites is 1. The van der Waals surface area contributed by atoms with Crippen LogP contribution in [0.5, 0.6) is 0 Å². The fraction of sp³-hybridized carbons (Fsp3) is 0.100. The van der Waals surface area contributed by atoms with E-state index in [0.717, 1.165) is 63.5 Å². The Balaban J connectivity index is 1.09. The molecule has 10 rings (SSSR count). The van der Waals surface area contributed by atoms with Crippen LogP contribution in [0.1, 0.15) is 59.9 Å². The third-order valence-corrected chi connectivity index (χ3v) is 11.0. The van der Waals surface area contributed by atoms with Gasteiger partial charge in [-0.05, 0) is 76.3 Å². The third-order valence-electron chi connectivity index (χ3n) is 11.0. The molecule has 2 heterocycles. The zero-order chi connectivity index (χ0) is 36.0. The molecule has 0 fully saturated rings. The second-order valence-corrected chi connectivity index (χ2v) is 14.4. The van der Waals surface area contributed by atoms with Gasteiger partial charge in [-0.2, -0.15) is 0 Å². The molecule has 8 aromatic rings. The van der Waals surface area contributed by atoms with Gasteiger partial charge in [-0.3, -0.25) is 0 Å². The van der Waals surface area contributed by atoms with Crippen molar-refractivity contribution in [3.63, 3.8) is 0 Å². The molecule has 258 valence electrons. The molecular weight excluding hydrogens is 659 g/mol. The van der Waals surface area contributed by atoms with Crippen molar-refractivity contribution in [1.82, 2.24) is 15.0 Å². The largest absolute Gasteiger partial charge is 0.455 e. The zero-order valence-electron chi connectivity index (χ0n) is 30.0. The van der Waals surface area contributed by atoms with Crippen LogP contribution in [0.15, 0.2) is 162 Å². The molecule has 0 N–H and O–H groups in total. The second kappa shape index (κ2) is 13.4. The first-order valence-corrected chi connectivity index (χ1v) is 18.8. The van der Waals surface area contributed by atoms with Gasteiger partial charge in [-0.15, -0.1) is 0 Å². The molecule has 0 bridgehead atoms. The van der Waals surface area contributed by atoms with Gasteiger partial charge in [0.05, 0.1) is 0 Å². The van der Waals surface area contributed by atoms with E-state index in [1.54, 1.807) is 0 Å². The van der Waals surface area contributed by atoms with Crippen molar-refractivity contribution in [2.45, 2.75) is 32.1 Å². The van der Waals surface area contributed by atoms with Crippen molar-refractivity contribution in [3.05, 3.63) is 186 Å². The highest BCUT2D eigenvalue weighted by Gasteiger charge is 2.23. The van der Waals surface area contributed by atoms with Gasteiger partial charge in [0.15, 0.2) is 17.5 Å². The van der Waals surface area contributed by atoms with Gasteiger partial charge in [-0.25, -0.2) is 15.0 Å². The molecule has 2 aliphatic rings. The molecule has 2 aromatic heterocycles. The average molecular weight is 696 g/mol. The summed E-state index contributed by atoms with van der Waals surface area (Å²) in [5.41, 5.74) is 14.8. The number of hydrogen-bond acceptors (Lipinski definition) is 4. The molecule has 0 amide bonds. The van der Waals surface area contributed by atoms with Crippen LogP contribution in [-0.2, 0) is 0 Å². The van der Waals surface area contributed by atoms with Gasteiger partial charge in [0, 0.05) is 33.0 Å². The van der Waals surface area contributed by atoms with Crippen molar-refractivity contribution in [2.24, 2.45) is 0 Å². The number of fused-ring (bicyclic) bond motifs is 4. The van der Waals surface area contributed by atoms with E-state index in [-0.39, 0.29) is 0 Å². The Morgan fingerprint density at radius 2 is 1.07 bits per heavy atom. The lowest BCUT2D eigenvalue weighted by Gasteiger charge is -2.23. The molecular formula is C50H37N3O. The molecule has 4 nitrogen and oxygen atoms in total. The zero-order valence-corrected chi connectivity index (χ0v) is 30.0. The average Bonchev–Trinajstić information content (AvgIpc) is 3.64. The van der Waals surface area contributed by atoms with Crippen LogP contribution in [0.3, 0.4) is 0 Å². The van der Waals surface area contributed by atoms with Gasteiger partial charge >= 0.3 is 0 Å². The van der Waals surface area contributed by atoms with Crippen molar-refractivity contribution < 1.29 is 4.42 Å². The molecule has 0 spiro atoms. The van der Waals surface area contributed by atoms with Gasteiger partial charge in [-0.1, -0.05) is 159 Å². The predicted octanol–water partition coefficient (Wildman–Crippen LogP) is 13.1. The SMILES string of the molecule is CC1CC(c2ccc(-c3nc(-c4ccccc4)nc(-c4ccc(C5=CC=C(c6ccccc6)CC5)c5oc6ccccc6c45)n3)cc2)=Cc2ccccc21. The molecule has 0 aliphatic heterocycles. The maximum atomic E-state index is 6.70. The van der Waals surface area contributed by atoms with Crippen molar-refractivity contribution in [1.29, 1.82) is 0 Å². The van der Waals surface area contributed by atoms with E-state index in [9.17, 15) is 0 Å². The maximum Gasteiger partial charge on any atom is 0.164 e. The highest BCUT2D eigenvalue weighted by atomic mass is 16.3. The summed E-state index contributed by atoms with van der Waals surface area (Å²) in [4.78, 5) is 15.4. The molecule has 0 saturated heterocycles. The van der Waals surface area contributed by atoms with Crippen molar-refractivity contribution >= 4 is 44.7 Å². The molecule has 4 heteroatoms. The van der Waals surface area contributed by atoms with E-state index >= 15 is 0 Å². The minimum Gasteiger partial charge on any atom is -0.455 e. The smallest absolute Gasteiger partial charge is 0.164 e. The summed E-state index contributed by atoms with van der Waals surface area (Å²) in [6.07, 6.45) is 9.77. The first-order valence-electron chi connectivity index (χ1n) is 18.8. The monoisotopic (exact) mass is 695 g/mol. The summed E-state index contributed by atoms with van der Waals surface area (Å²) in [7, 11) is 0. The standard InChI is InChI=1S/C50H37N3O/c1-32-30-40(31-39-16-8-9-17-41(32)39)35-22-26-38(27-23-35)49-51-48(37-14-6-3-7-15-37)52-50(53-49)44-29-28-42(47-46(44)43-18-10-11-19-45(43)54-47)36-24-20-34(21-25-36)33-12-4-2-5-13-33/h2-20,22-24,26-29,31-32H,21,25,30H2,1H3. The first-order chi connectivity index (χ1) is 26.7. The van der Waals surface area contributed by atoms with E-state index in [4.69, 9.17) is 19.4 Å². The molecule has 0 saturated carbocycles. The van der Waals surface area contributed by atoms with E-state index in [0.29, 0.717) is 23.4 Å². The van der Waals surface area contributed by atoms with Crippen LogP contribution in [0, 0.1) is 0 Å². The van der Waals surface area contributed by atoms with Crippen LogP contribution >= 0.6 is 0 Å². The Bertz CT molecular complexity index is 2790. The Kier molecular flexibility index (Phi) is 7.95. The predicted molar refractivity (Wildman–Crippen MR) is 222 cm³/mol.